The molecule has 1 aliphatic rings. The van der Waals surface area contributed by atoms with Crippen molar-refractivity contribution in [3.8, 4) is 0 Å². The normalized spacial score (nSPS) is 14.7. The lowest BCUT2D eigenvalue weighted by Gasteiger charge is -2.21. The molecule has 136 valence electrons. The third-order valence-electron chi connectivity index (χ3n) is 4.45. The van der Waals surface area contributed by atoms with Crippen molar-refractivity contribution in [2.24, 2.45) is 5.92 Å². The van der Waals surface area contributed by atoms with Crippen LogP contribution < -0.4 is 10.6 Å². The molecular weight excluding hydrogens is 357 g/mol. The van der Waals surface area contributed by atoms with Gasteiger partial charge in [-0.3, -0.25) is 9.59 Å². The minimum atomic E-state index is -0.542. The molecule has 0 aliphatic heterocycles. The Morgan fingerprint density at radius 1 is 1.08 bits per heavy atom. The molecule has 5 nitrogen and oxygen atoms in total. The average molecular weight is 376 g/mol. The Bertz CT molecular complexity index is 822. The van der Waals surface area contributed by atoms with E-state index in [1.807, 2.05) is 0 Å². The zero-order chi connectivity index (χ0) is 18.5. The molecule has 2 aromatic rings. The lowest BCUT2D eigenvalue weighted by molar-refractivity contribution is -0.120. The van der Waals surface area contributed by atoms with Crippen molar-refractivity contribution in [2.75, 3.05) is 10.6 Å². The number of aromatic nitrogens is 1. The molecule has 1 saturated carbocycles. The molecule has 7 heteroatoms. The van der Waals surface area contributed by atoms with Gasteiger partial charge in [0.25, 0.3) is 5.91 Å². The number of hydrogen-bond acceptors (Lipinski definition) is 3. The smallest absolute Gasteiger partial charge is 0.255 e. The fraction of sp³-hybridized carbons (Fsp3) is 0.316. The molecule has 1 fully saturated rings. The van der Waals surface area contributed by atoms with Gasteiger partial charge in [-0.1, -0.05) is 30.9 Å². The minimum absolute atomic E-state index is 0.0612. The van der Waals surface area contributed by atoms with E-state index in [0.29, 0.717) is 11.3 Å². The van der Waals surface area contributed by atoms with Crippen LogP contribution in [-0.2, 0) is 4.79 Å². The van der Waals surface area contributed by atoms with Crippen LogP contribution in [0, 0.1) is 11.7 Å². The molecule has 26 heavy (non-hydrogen) atoms. The van der Waals surface area contributed by atoms with E-state index in [2.05, 4.69) is 15.6 Å². The number of hydrogen-bond donors (Lipinski definition) is 2. The third kappa shape index (κ3) is 4.58. The molecule has 1 heterocycles. The second-order valence-corrected chi connectivity index (χ2v) is 6.73. The van der Waals surface area contributed by atoms with Crippen molar-refractivity contribution in [1.29, 1.82) is 0 Å². The summed E-state index contributed by atoms with van der Waals surface area (Å²) in [4.78, 5) is 28.4. The van der Waals surface area contributed by atoms with Gasteiger partial charge in [0.1, 0.15) is 11.0 Å². The Labute approximate surface area is 156 Å². The summed E-state index contributed by atoms with van der Waals surface area (Å²) in [6.45, 7) is 0. The zero-order valence-corrected chi connectivity index (χ0v) is 14.9. The SMILES string of the molecule is O=C(Nc1ccc(F)c(NC(=O)C2CCCCC2)c1)c1ccnc(Cl)c1. The number of carbonyl (C=O) groups is 2. The molecule has 3 rings (SSSR count). The molecule has 0 spiro atoms. The molecule has 0 bridgehead atoms. The summed E-state index contributed by atoms with van der Waals surface area (Å²) in [5.41, 5.74) is 0.775. The van der Waals surface area contributed by atoms with Crippen molar-refractivity contribution < 1.29 is 14.0 Å². The predicted molar refractivity (Wildman–Crippen MR) is 98.8 cm³/mol. The van der Waals surface area contributed by atoms with E-state index in [1.54, 1.807) is 0 Å². The molecule has 0 radical (unpaired) electrons. The molecule has 2 N–H and O–H groups in total. The molecular formula is C19H19ClFN3O2. The molecule has 1 aliphatic carbocycles. The monoisotopic (exact) mass is 375 g/mol. The van der Waals surface area contributed by atoms with Crippen molar-refractivity contribution in [3.05, 3.63) is 53.1 Å². The molecule has 1 aromatic carbocycles. The summed E-state index contributed by atoms with van der Waals surface area (Å²) in [6, 6.07) is 7.03. The minimum Gasteiger partial charge on any atom is -0.323 e. The highest BCUT2D eigenvalue weighted by atomic mass is 35.5. The maximum atomic E-state index is 14.1. The van der Waals surface area contributed by atoms with Crippen LogP contribution in [0.25, 0.3) is 0 Å². The second-order valence-electron chi connectivity index (χ2n) is 6.34. The number of nitrogens with zero attached hydrogens (tertiary/aromatic N) is 1. The first-order valence-corrected chi connectivity index (χ1v) is 8.94. The van der Waals surface area contributed by atoms with Gasteiger partial charge in [-0.25, -0.2) is 9.37 Å². The first kappa shape index (κ1) is 18.3. The van der Waals surface area contributed by atoms with E-state index in [-0.39, 0.29) is 22.7 Å². The Kier molecular flexibility index (Phi) is 5.83. The highest BCUT2D eigenvalue weighted by Gasteiger charge is 2.22. The molecule has 0 unspecified atom stereocenters. The summed E-state index contributed by atoms with van der Waals surface area (Å²) in [7, 11) is 0. The van der Waals surface area contributed by atoms with Crippen LogP contribution in [-0.4, -0.2) is 16.8 Å². The first-order valence-electron chi connectivity index (χ1n) is 8.56. The predicted octanol–water partition coefficient (Wildman–Crippen LogP) is 4.65. The number of anilines is 2. The topological polar surface area (TPSA) is 71.1 Å². The van der Waals surface area contributed by atoms with Gasteiger partial charge in [0.2, 0.25) is 5.91 Å². The fourth-order valence-electron chi connectivity index (χ4n) is 3.05. The number of pyridine rings is 1. The summed E-state index contributed by atoms with van der Waals surface area (Å²) < 4.78 is 14.1. The highest BCUT2D eigenvalue weighted by molar-refractivity contribution is 6.29. The van der Waals surface area contributed by atoms with Crippen LogP contribution in [0.2, 0.25) is 5.15 Å². The summed E-state index contributed by atoms with van der Waals surface area (Å²) >= 11 is 5.78. The number of rotatable bonds is 4. The zero-order valence-electron chi connectivity index (χ0n) is 14.1. The maximum Gasteiger partial charge on any atom is 0.255 e. The summed E-state index contributed by atoms with van der Waals surface area (Å²) in [5, 5.41) is 5.51. The van der Waals surface area contributed by atoms with Crippen LogP contribution in [0.5, 0.6) is 0 Å². The quantitative estimate of drug-likeness (QED) is 0.764. The Morgan fingerprint density at radius 2 is 1.85 bits per heavy atom. The Morgan fingerprint density at radius 3 is 2.58 bits per heavy atom. The average Bonchev–Trinajstić information content (AvgIpc) is 2.65. The Balaban J connectivity index is 1.70. The van der Waals surface area contributed by atoms with Gasteiger partial charge >= 0.3 is 0 Å². The highest BCUT2D eigenvalue weighted by Crippen LogP contribution is 2.26. The first-order chi connectivity index (χ1) is 12.5. The van der Waals surface area contributed by atoms with Crippen molar-refractivity contribution in [3.63, 3.8) is 0 Å². The van der Waals surface area contributed by atoms with E-state index < -0.39 is 11.7 Å². The second kappa shape index (κ2) is 8.27. The van der Waals surface area contributed by atoms with Crippen LogP contribution in [0.1, 0.15) is 42.5 Å². The third-order valence-corrected chi connectivity index (χ3v) is 4.65. The van der Waals surface area contributed by atoms with Crippen molar-refractivity contribution in [1.82, 2.24) is 4.98 Å². The van der Waals surface area contributed by atoms with Gasteiger partial charge in [0.05, 0.1) is 5.69 Å². The van der Waals surface area contributed by atoms with Crippen LogP contribution in [0.15, 0.2) is 36.5 Å². The number of halogens is 2. The van der Waals surface area contributed by atoms with E-state index in [0.717, 1.165) is 32.1 Å². The van der Waals surface area contributed by atoms with Crippen molar-refractivity contribution in [2.45, 2.75) is 32.1 Å². The van der Waals surface area contributed by atoms with Gasteiger partial charge in [0, 0.05) is 23.4 Å². The standard InChI is InChI=1S/C19H19ClFN3O2/c20-17-10-13(8-9-22-17)19(26)23-14-6-7-15(21)16(11-14)24-18(25)12-4-2-1-3-5-12/h6-12H,1-5H2,(H,23,26)(H,24,25). The lowest BCUT2D eigenvalue weighted by atomic mass is 9.88. The Hall–Kier alpha value is -2.47. The number of carbonyl (C=O) groups excluding carboxylic acids is 2. The van der Waals surface area contributed by atoms with Crippen LogP contribution >= 0.6 is 11.6 Å². The number of benzene rings is 1. The van der Waals surface area contributed by atoms with E-state index in [9.17, 15) is 14.0 Å². The maximum absolute atomic E-state index is 14.1. The number of nitrogens with one attached hydrogen (secondary N) is 2. The molecule has 0 atom stereocenters. The van der Waals surface area contributed by atoms with Crippen molar-refractivity contribution >= 4 is 34.8 Å². The molecule has 2 amide bonds. The van der Waals surface area contributed by atoms with E-state index >= 15 is 0 Å². The molecule has 1 aromatic heterocycles. The lowest BCUT2D eigenvalue weighted by Crippen LogP contribution is -2.25. The summed E-state index contributed by atoms with van der Waals surface area (Å²) in [6.07, 6.45) is 6.26. The van der Waals surface area contributed by atoms with E-state index in [4.69, 9.17) is 11.6 Å². The van der Waals surface area contributed by atoms with Crippen LogP contribution in [0.4, 0.5) is 15.8 Å². The molecule has 0 saturated heterocycles. The number of amides is 2. The van der Waals surface area contributed by atoms with Crippen LogP contribution in [0.3, 0.4) is 0 Å². The van der Waals surface area contributed by atoms with Gasteiger partial charge in [-0.2, -0.15) is 0 Å². The summed E-state index contributed by atoms with van der Waals surface area (Å²) in [5.74, 6) is -1.20. The van der Waals surface area contributed by atoms with E-state index in [1.165, 1.54) is 36.5 Å². The van der Waals surface area contributed by atoms with Gasteiger partial charge < -0.3 is 10.6 Å². The fourth-order valence-corrected chi connectivity index (χ4v) is 3.22. The largest absolute Gasteiger partial charge is 0.323 e. The van der Waals surface area contributed by atoms with Gasteiger partial charge in [-0.15, -0.1) is 0 Å². The van der Waals surface area contributed by atoms with Gasteiger partial charge in [0.15, 0.2) is 0 Å². The van der Waals surface area contributed by atoms with Gasteiger partial charge in [-0.05, 0) is 43.2 Å².